The van der Waals surface area contributed by atoms with Crippen LogP contribution in [-0.4, -0.2) is 14.3 Å². The molecule has 1 aliphatic rings. The van der Waals surface area contributed by atoms with Crippen molar-refractivity contribution in [2.45, 2.75) is 44.7 Å². The van der Waals surface area contributed by atoms with E-state index < -0.39 is 0 Å². The summed E-state index contributed by atoms with van der Waals surface area (Å²) in [6, 6.07) is 5.82. The summed E-state index contributed by atoms with van der Waals surface area (Å²) in [6.45, 7) is 0.722. The highest BCUT2D eigenvalue weighted by molar-refractivity contribution is 5.03. The average molecular weight is 257 g/mol. The molecule has 2 heterocycles. The zero-order chi connectivity index (χ0) is 13.1. The second kappa shape index (κ2) is 5.43. The molecule has 0 bridgehead atoms. The summed E-state index contributed by atoms with van der Waals surface area (Å²) in [7, 11) is 0. The highest BCUT2D eigenvalue weighted by Crippen LogP contribution is 2.27. The van der Waals surface area contributed by atoms with E-state index in [0.29, 0.717) is 6.04 Å². The minimum absolute atomic E-state index is 0.0454. The van der Waals surface area contributed by atoms with Gasteiger partial charge in [-0.25, -0.2) is 0 Å². The lowest BCUT2D eigenvalue weighted by Gasteiger charge is -2.21. The van der Waals surface area contributed by atoms with Crippen LogP contribution in [0.1, 0.15) is 43.8 Å². The highest BCUT2D eigenvalue weighted by atomic mass is 16.1. The molecule has 1 saturated carbocycles. The van der Waals surface area contributed by atoms with Crippen molar-refractivity contribution in [3.05, 3.63) is 52.7 Å². The van der Waals surface area contributed by atoms with Gasteiger partial charge in [-0.3, -0.25) is 9.48 Å². The normalized spacial score (nSPS) is 16.6. The molecule has 2 aromatic rings. The molecule has 3 rings (SSSR count). The van der Waals surface area contributed by atoms with Crippen LogP contribution in [0, 0.1) is 0 Å². The minimum Gasteiger partial charge on any atom is -0.348 e. The Morgan fingerprint density at radius 1 is 1.05 bits per heavy atom. The van der Waals surface area contributed by atoms with Crippen molar-refractivity contribution in [3.8, 4) is 0 Å². The summed E-state index contributed by atoms with van der Waals surface area (Å²) < 4.78 is 4.10. The molecule has 0 radical (unpaired) electrons. The third-order valence-corrected chi connectivity index (χ3v) is 3.82. The fourth-order valence-corrected chi connectivity index (χ4v) is 2.75. The molecule has 19 heavy (non-hydrogen) atoms. The molecular weight excluding hydrogens is 238 g/mol. The molecule has 0 aliphatic heterocycles. The predicted octanol–water partition coefficient (Wildman–Crippen LogP) is 2.60. The van der Waals surface area contributed by atoms with Crippen molar-refractivity contribution in [3.63, 3.8) is 0 Å². The quantitative estimate of drug-likeness (QED) is 0.848. The molecule has 0 amide bonds. The third kappa shape index (κ3) is 2.95. The lowest BCUT2D eigenvalue weighted by atomic mass is 9.96. The first kappa shape index (κ1) is 12.2. The van der Waals surface area contributed by atoms with E-state index in [-0.39, 0.29) is 5.43 Å². The smallest absolute Gasteiger partial charge is 0.181 e. The predicted molar refractivity (Wildman–Crippen MR) is 74.2 cm³/mol. The van der Waals surface area contributed by atoms with E-state index in [1.165, 1.54) is 32.1 Å². The van der Waals surface area contributed by atoms with Gasteiger partial charge in [0.05, 0.1) is 18.3 Å². The summed E-state index contributed by atoms with van der Waals surface area (Å²) in [4.78, 5) is 11.1. The van der Waals surface area contributed by atoms with Gasteiger partial charge >= 0.3 is 0 Å². The van der Waals surface area contributed by atoms with Crippen molar-refractivity contribution in [1.29, 1.82) is 0 Å². The van der Waals surface area contributed by atoms with Crippen molar-refractivity contribution in [2.24, 2.45) is 0 Å². The van der Waals surface area contributed by atoms with Crippen molar-refractivity contribution < 1.29 is 0 Å². The lowest BCUT2D eigenvalue weighted by Crippen LogP contribution is -2.14. The van der Waals surface area contributed by atoms with Crippen LogP contribution < -0.4 is 5.43 Å². The molecule has 0 N–H and O–H groups in total. The van der Waals surface area contributed by atoms with Crippen molar-refractivity contribution in [1.82, 2.24) is 14.3 Å². The molecular formula is C15H19N3O. The fourth-order valence-electron chi connectivity index (χ4n) is 2.75. The number of rotatable bonds is 3. The zero-order valence-electron chi connectivity index (χ0n) is 11.0. The van der Waals surface area contributed by atoms with Crippen LogP contribution in [0.25, 0.3) is 0 Å². The number of hydrogen-bond acceptors (Lipinski definition) is 2. The summed E-state index contributed by atoms with van der Waals surface area (Å²) in [5, 5.41) is 4.67. The van der Waals surface area contributed by atoms with E-state index in [1.807, 2.05) is 17.0 Å². The monoisotopic (exact) mass is 257 g/mol. The van der Waals surface area contributed by atoms with E-state index >= 15 is 0 Å². The number of nitrogens with zero attached hydrogens (tertiary/aromatic N) is 3. The molecule has 0 aromatic carbocycles. The Hall–Kier alpha value is -1.84. The molecule has 0 saturated heterocycles. The van der Waals surface area contributed by atoms with Gasteiger partial charge in [0, 0.05) is 30.7 Å². The largest absolute Gasteiger partial charge is 0.348 e. The number of hydrogen-bond donors (Lipinski definition) is 0. The first-order valence-electron chi connectivity index (χ1n) is 7.01. The van der Waals surface area contributed by atoms with Crippen molar-refractivity contribution >= 4 is 0 Å². The molecule has 1 aliphatic carbocycles. The summed E-state index contributed by atoms with van der Waals surface area (Å²) in [5.74, 6) is 0. The third-order valence-electron chi connectivity index (χ3n) is 3.82. The van der Waals surface area contributed by atoms with E-state index in [9.17, 15) is 4.79 Å². The fraction of sp³-hybridized carbons (Fsp3) is 0.467. The Bertz CT molecular complexity index is 573. The summed E-state index contributed by atoms with van der Waals surface area (Å²) in [6.07, 6.45) is 12.2. The van der Waals surface area contributed by atoms with Gasteiger partial charge in [-0.2, -0.15) is 5.10 Å². The van der Waals surface area contributed by atoms with Crippen LogP contribution in [0.15, 0.2) is 41.6 Å². The molecule has 0 atom stereocenters. The van der Waals surface area contributed by atoms with Crippen LogP contribution in [-0.2, 0) is 6.54 Å². The SMILES string of the molecule is O=c1ccn(Cc2ccn(C3CCCCC3)n2)cc1. The topological polar surface area (TPSA) is 39.8 Å². The van der Waals surface area contributed by atoms with Gasteiger partial charge in [-0.1, -0.05) is 19.3 Å². The average Bonchev–Trinajstić information content (AvgIpc) is 2.91. The lowest BCUT2D eigenvalue weighted by molar-refractivity contribution is 0.328. The van der Waals surface area contributed by atoms with Crippen LogP contribution >= 0.6 is 0 Å². The van der Waals surface area contributed by atoms with Crippen LogP contribution in [0.4, 0.5) is 0 Å². The minimum atomic E-state index is 0.0454. The Labute approximate surface area is 112 Å². The Kier molecular flexibility index (Phi) is 3.49. The second-order valence-corrected chi connectivity index (χ2v) is 5.29. The second-order valence-electron chi connectivity index (χ2n) is 5.29. The standard InChI is InChI=1S/C15H19N3O/c19-15-7-9-17(10-8-15)12-13-6-11-18(16-13)14-4-2-1-3-5-14/h6-11,14H,1-5,12H2. The molecule has 1 fully saturated rings. The van der Waals surface area contributed by atoms with Crippen molar-refractivity contribution in [2.75, 3.05) is 0 Å². The molecule has 0 unspecified atom stereocenters. The van der Waals surface area contributed by atoms with Gasteiger partial charge in [0.1, 0.15) is 0 Å². The first-order valence-corrected chi connectivity index (χ1v) is 7.01. The Morgan fingerprint density at radius 2 is 1.79 bits per heavy atom. The summed E-state index contributed by atoms with van der Waals surface area (Å²) in [5.41, 5.74) is 1.10. The molecule has 4 nitrogen and oxygen atoms in total. The van der Waals surface area contributed by atoms with E-state index in [2.05, 4.69) is 22.0 Å². The van der Waals surface area contributed by atoms with Crippen LogP contribution in [0.2, 0.25) is 0 Å². The maximum atomic E-state index is 11.1. The van der Waals surface area contributed by atoms with Gasteiger partial charge in [0.25, 0.3) is 0 Å². The Morgan fingerprint density at radius 3 is 2.53 bits per heavy atom. The maximum Gasteiger partial charge on any atom is 0.181 e. The van der Waals surface area contributed by atoms with E-state index in [4.69, 9.17) is 0 Å². The van der Waals surface area contributed by atoms with Crippen LogP contribution in [0.3, 0.4) is 0 Å². The first-order chi connectivity index (χ1) is 9.31. The van der Waals surface area contributed by atoms with Crippen LogP contribution in [0.5, 0.6) is 0 Å². The molecule has 0 spiro atoms. The number of pyridine rings is 1. The molecule has 2 aromatic heterocycles. The summed E-state index contributed by atoms with van der Waals surface area (Å²) >= 11 is 0. The molecule has 100 valence electrons. The zero-order valence-corrected chi connectivity index (χ0v) is 11.0. The van der Waals surface area contributed by atoms with Gasteiger partial charge < -0.3 is 4.57 Å². The van der Waals surface area contributed by atoms with E-state index in [0.717, 1.165) is 12.2 Å². The maximum absolute atomic E-state index is 11.1. The van der Waals surface area contributed by atoms with Gasteiger partial charge in [0.15, 0.2) is 5.43 Å². The Balaban J connectivity index is 1.70. The molecule has 4 heteroatoms. The van der Waals surface area contributed by atoms with Gasteiger partial charge in [-0.15, -0.1) is 0 Å². The highest BCUT2D eigenvalue weighted by Gasteiger charge is 2.15. The van der Waals surface area contributed by atoms with Gasteiger partial charge in [-0.05, 0) is 18.9 Å². The van der Waals surface area contributed by atoms with E-state index in [1.54, 1.807) is 12.1 Å². The number of aromatic nitrogens is 3. The van der Waals surface area contributed by atoms with Gasteiger partial charge in [0.2, 0.25) is 0 Å².